The van der Waals surface area contributed by atoms with Crippen LogP contribution in [0, 0.1) is 0 Å². The molecule has 0 aromatic heterocycles. The van der Waals surface area contributed by atoms with Crippen molar-refractivity contribution >= 4 is 29.1 Å². The van der Waals surface area contributed by atoms with Crippen molar-refractivity contribution in [3.63, 3.8) is 0 Å². The number of halogens is 2. The van der Waals surface area contributed by atoms with E-state index in [0.29, 0.717) is 22.3 Å². The fourth-order valence-electron chi connectivity index (χ4n) is 1.84. The van der Waals surface area contributed by atoms with Gasteiger partial charge in [-0.3, -0.25) is 4.79 Å². The van der Waals surface area contributed by atoms with Crippen molar-refractivity contribution in [3.8, 4) is 5.75 Å². The van der Waals surface area contributed by atoms with Gasteiger partial charge in [-0.15, -0.1) is 0 Å². The van der Waals surface area contributed by atoms with E-state index >= 15 is 0 Å². The highest BCUT2D eigenvalue weighted by molar-refractivity contribution is 6.34. The molecule has 104 valence electrons. The second kappa shape index (κ2) is 6.98. The van der Waals surface area contributed by atoms with Gasteiger partial charge in [0.1, 0.15) is 5.75 Å². The quantitative estimate of drug-likeness (QED) is 0.910. The summed E-state index contributed by atoms with van der Waals surface area (Å²) < 4.78 is 10.7. The van der Waals surface area contributed by atoms with E-state index in [9.17, 15) is 4.79 Å². The molecule has 1 fully saturated rings. The first kappa shape index (κ1) is 14.4. The number of hydrogen-bond acceptors (Lipinski definition) is 3. The Morgan fingerprint density at radius 3 is 2.74 bits per heavy atom. The van der Waals surface area contributed by atoms with E-state index in [1.165, 1.54) is 0 Å². The SMILES string of the molecule is O=C(COc1cc(Cl)cc(Cl)c1)NCC1CCCO1. The molecule has 6 heteroatoms. The van der Waals surface area contributed by atoms with Gasteiger partial charge in [0.25, 0.3) is 5.91 Å². The van der Waals surface area contributed by atoms with Crippen LogP contribution in [0.1, 0.15) is 12.8 Å². The molecule has 19 heavy (non-hydrogen) atoms. The number of amides is 1. The maximum atomic E-state index is 11.6. The highest BCUT2D eigenvalue weighted by Crippen LogP contribution is 2.24. The van der Waals surface area contributed by atoms with Gasteiger partial charge in [-0.1, -0.05) is 23.2 Å². The van der Waals surface area contributed by atoms with Gasteiger partial charge in [-0.05, 0) is 31.0 Å². The first-order valence-electron chi connectivity index (χ1n) is 6.10. The number of carbonyl (C=O) groups excluding carboxylic acids is 1. The molecule has 0 aliphatic carbocycles. The Balaban J connectivity index is 1.73. The molecule has 1 N–H and O–H groups in total. The average Bonchev–Trinajstić information content (AvgIpc) is 2.86. The van der Waals surface area contributed by atoms with Crippen LogP contribution in [-0.4, -0.2) is 31.8 Å². The summed E-state index contributed by atoms with van der Waals surface area (Å²) in [6, 6.07) is 4.83. The third-order valence-electron chi connectivity index (χ3n) is 2.76. The average molecular weight is 304 g/mol. The van der Waals surface area contributed by atoms with Gasteiger partial charge >= 0.3 is 0 Å². The third kappa shape index (κ3) is 4.90. The molecule has 1 aliphatic heterocycles. The van der Waals surface area contributed by atoms with Gasteiger partial charge in [-0.25, -0.2) is 0 Å². The topological polar surface area (TPSA) is 47.6 Å². The molecule has 1 amide bonds. The largest absolute Gasteiger partial charge is 0.484 e. The highest BCUT2D eigenvalue weighted by atomic mass is 35.5. The lowest BCUT2D eigenvalue weighted by molar-refractivity contribution is -0.123. The lowest BCUT2D eigenvalue weighted by atomic mass is 10.2. The summed E-state index contributed by atoms with van der Waals surface area (Å²) in [5, 5.41) is 3.72. The zero-order valence-corrected chi connectivity index (χ0v) is 11.8. The van der Waals surface area contributed by atoms with Crippen molar-refractivity contribution in [2.45, 2.75) is 18.9 Å². The van der Waals surface area contributed by atoms with Crippen molar-refractivity contribution < 1.29 is 14.3 Å². The number of rotatable bonds is 5. The molecule has 0 bridgehead atoms. The Morgan fingerprint density at radius 1 is 1.37 bits per heavy atom. The summed E-state index contributed by atoms with van der Waals surface area (Å²) in [4.78, 5) is 11.6. The summed E-state index contributed by atoms with van der Waals surface area (Å²) in [5.41, 5.74) is 0. The molecule has 0 radical (unpaired) electrons. The third-order valence-corrected chi connectivity index (χ3v) is 3.19. The van der Waals surface area contributed by atoms with Crippen LogP contribution in [0.2, 0.25) is 10.0 Å². The Bertz CT molecular complexity index is 427. The smallest absolute Gasteiger partial charge is 0.258 e. The van der Waals surface area contributed by atoms with Gasteiger partial charge in [0.15, 0.2) is 6.61 Å². The number of carbonyl (C=O) groups is 1. The van der Waals surface area contributed by atoms with E-state index < -0.39 is 0 Å². The minimum Gasteiger partial charge on any atom is -0.484 e. The number of ether oxygens (including phenoxy) is 2. The van der Waals surface area contributed by atoms with E-state index in [2.05, 4.69) is 5.32 Å². The molecular weight excluding hydrogens is 289 g/mol. The molecular formula is C13H15Cl2NO3. The van der Waals surface area contributed by atoms with Crippen LogP contribution in [0.5, 0.6) is 5.75 Å². The first-order valence-corrected chi connectivity index (χ1v) is 6.86. The molecule has 4 nitrogen and oxygen atoms in total. The van der Waals surface area contributed by atoms with E-state index in [1.54, 1.807) is 18.2 Å². The normalized spacial score (nSPS) is 18.3. The Kier molecular flexibility index (Phi) is 5.31. The summed E-state index contributed by atoms with van der Waals surface area (Å²) in [5.74, 6) is 0.288. The summed E-state index contributed by atoms with van der Waals surface area (Å²) in [6.07, 6.45) is 2.17. The van der Waals surface area contributed by atoms with Crippen LogP contribution < -0.4 is 10.1 Å². The van der Waals surface area contributed by atoms with Crippen molar-refractivity contribution in [2.24, 2.45) is 0 Å². The number of benzene rings is 1. The summed E-state index contributed by atoms with van der Waals surface area (Å²) in [6.45, 7) is 1.24. The second-order valence-corrected chi connectivity index (χ2v) is 5.21. The van der Waals surface area contributed by atoms with Crippen LogP contribution in [0.25, 0.3) is 0 Å². The van der Waals surface area contributed by atoms with E-state index in [0.717, 1.165) is 19.4 Å². The predicted octanol–water partition coefficient (Wildman–Crippen LogP) is 2.67. The Hall–Kier alpha value is -0.970. The van der Waals surface area contributed by atoms with Crippen molar-refractivity contribution in [1.82, 2.24) is 5.32 Å². The van der Waals surface area contributed by atoms with Crippen LogP contribution in [-0.2, 0) is 9.53 Å². The lowest BCUT2D eigenvalue weighted by Gasteiger charge is -2.11. The van der Waals surface area contributed by atoms with Crippen LogP contribution in [0.3, 0.4) is 0 Å². The fourth-order valence-corrected chi connectivity index (χ4v) is 2.35. The molecule has 0 spiro atoms. The monoisotopic (exact) mass is 303 g/mol. The van der Waals surface area contributed by atoms with Crippen molar-refractivity contribution in [2.75, 3.05) is 19.8 Å². The fraction of sp³-hybridized carbons (Fsp3) is 0.462. The standard InChI is InChI=1S/C13H15Cl2NO3/c14-9-4-10(15)6-12(5-9)19-8-13(17)16-7-11-2-1-3-18-11/h4-6,11H,1-3,7-8H2,(H,16,17). The molecule has 1 unspecified atom stereocenters. The molecule has 2 rings (SSSR count). The lowest BCUT2D eigenvalue weighted by Crippen LogP contribution is -2.35. The van der Waals surface area contributed by atoms with E-state index in [-0.39, 0.29) is 18.6 Å². The van der Waals surface area contributed by atoms with Gasteiger partial charge < -0.3 is 14.8 Å². The molecule has 0 saturated carbocycles. The van der Waals surface area contributed by atoms with Crippen LogP contribution in [0.4, 0.5) is 0 Å². The second-order valence-electron chi connectivity index (χ2n) is 4.33. The Labute approximate surface area is 122 Å². The minimum absolute atomic E-state index is 0.0661. The maximum absolute atomic E-state index is 11.6. The number of hydrogen-bond donors (Lipinski definition) is 1. The Morgan fingerprint density at radius 2 is 2.11 bits per heavy atom. The van der Waals surface area contributed by atoms with Crippen LogP contribution in [0.15, 0.2) is 18.2 Å². The molecule has 1 aromatic rings. The van der Waals surface area contributed by atoms with E-state index in [4.69, 9.17) is 32.7 Å². The minimum atomic E-state index is -0.188. The molecule has 1 saturated heterocycles. The predicted molar refractivity (Wildman–Crippen MR) is 73.9 cm³/mol. The van der Waals surface area contributed by atoms with Gasteiger partial charge in [0.05, 0.1) is 6.10 Å². The zero-order valence-electron chi connectivity index (χ0n) is 10.3. The van der Waals surface area contributed by atoms with Gasteiger partial charge in [-0.2, -0.15) is 0 Å². The van der Waals surface area contributed by atoms with E-state index in [1.807, 2.05) is 0 Å². The highest BCUT2D eigenvalue weighted by Gasteiger charge is 2.16. The molecule has 1 heterocycles. The molecule has 1 aliphatic rings. The van der Waals surface area contributed by atoms with Crippen molar-refractivity contribution in [1.29, 1.82) is 0 Å². The zero-order chi connectivity index (χ0) is 13.7. The maximum Gasteiger partial charge on any atom is 0.258 e. The first-order chi connectivity index (χ1) is 9.13. The van der Waals surface area contributed by atoms with Crippen LogP contribution >= 0.6 is 23.2 Å². The summed E-state index contributed by atoms with van der Waals surface area (Å²) >= 11 is 11.7. The van der Waals surface area contributed by atoms with Crippen molar-refractivity contribution in [3.05, 3.63) is 28.2 Å². The van der Waals surface area contributed by atoms with Gasteiger partial charge in [0.2, 0.25) is 0 Å². The number of nitrogens with one attached hydrogen (secondary N) is 1. The van der Waals surface area contributed by atoms with Gasteiger partial charge in [0, 0.05) is 23.2 Å². The summed E-state index contributed by atoms with van der Waals surface area (Å²) in [7, 11) is 0. The molecule has 1 aromatic carbocycles. The molecule has 1 atom stereocenters.